The zero-order valence-corrected chi connectivity index (χ0v) is 19.0. The summed E-state index contributed by atoms with van der Waals surface area (Å²) in [5.74, 6) is -0.826. The molecule has 1 heterocycles. The first-order chi connectivity index (χ1) is 14.3. The van der Waals surface area contributed by atoms with E-state index >= 15 is 0 Å². The summed E-state index contributed by atoms with van der Waals surface area (Å²) in [6.45, 7) is -0.243. The highest BCUT2D eigenvalue weighted by molar-refractivity contribution is 9.10. The van der Waals surface area contributed by atoms with Crippen LogP contribution in [0.1, 0.15) is 5.56 Å². The Morgan fingerprint density at radius 3 is 2.53 bits per heavy atom. The number of phenols is 1. The van der Waals surface area contributed by atoms with Crippen molar-refractivity contribution in [3.63, 3.8) is 0 Å². The highest BCUT2D eigenvalue weighted by Crippen LogP contribution is 2.37. The van der Waals surface area contributed by atoms with Gasteiger partial charge >= 0.3 is 5.97 Å². The SMILES string of the molecule is COC(=O)CN1C(=S)N(c2ccc(Cl)cc2)C(=O)/C1=C/c1cc(Br)c(O)c(OC)c1. The van der Waals surface area contributed by atoms with Gasteiger partial charge in [0.05, 0.1) is 24.4 Å². The van der Waals surface area contributed by atoms with Gasteiger partial charge in [0.1, 0.15) is 12.2 Å². The number of benzene rings is 2. The highest BCUT2D eigenvalue weighted by atomic mass is 79.9. The van der Waals surface area contributed by atoms with Gasteiger partial charge in [0.15, 0.2) is 16.6 Å². The maximum Gasteiger partial charge on any atom is 0.325 e. The molecule has 0 atom stereocenters. The zero-order chi connectivity index (χ0) is 22.0. The molecule has 0 spiro atoms. The summed E-state index contributed by atoms with van der Waals surface area (Å²) < 4.78 is 10.3. The summed E-state index contributed by atoms with van der Waals surface area (Å²) in [6.07, 6.45) is 1.56. The van der Waals surface area contributed by atoms with Gasteiger partial charge in [-0.2, -0.15) is 0 Å². The van der Waals surface area contributed by atoms with Crippen LogP contribution in [0.25, 0.3) is 6.08 Å². The summed E-state index contributed by atoms with van der Waals surface area (Å²) >= 11 is 14.7. The van der Waals surface area contributed by atoms with E-state index in [1.54, 1.807) is 42.5 Å². The molecule has 0 aliphatic carbocycles. The first kappa shape index (κ1) is 22.1. The lowest BCUT2D eigenvalue weighted by molar-refractivity contribution is -0.140. The van der Waals surface area contributed by atoms with Crippen LogP contribution < -0.4 is 9.64 Å². The number of hydrogen-bond acceptors (Lipinski definition) is 6. The van der Waals surface area contributed by atoms with Gasteiger partial charge in [-0.25, -0.2) is 0 Å². The third-order valence-electron chi connectivity index (χ3n) is 4.31. The zero-order valence-electron chi connectivity index (χ0n) is 15.9. The van der Waals surface area contributed by atoms with Crippen LogP contribution >= 0.6 is 39.7 Å². The fourth-order valence-electron chi connectivity index (χ4n) is 2.84. The van der Waals surface area contributed by atoms with Crippen LogP contribution in [0.3, 0.4) is 0 Å². The Hall–Kier alpha value is -2.62. The van der Waals surface area contributed by atoms with Gasteiger partial charge < -0.3 is 19.5 Å². The summed E-state index contributed by atoms with van der Waals surface area (Å²) in [5.41, 5.74) is 1.23. The van der Waals surface area contributed by atoms with Crippen molar-refractivity contribution >= 4 is 68.5 Å². The molecule has 0 saturated carbocycles. The fraction of sp³-hybridized carbons (Fsp3) is 0.150. The predicted octanol–water partition coefficient (Wildman–Crippen LogP) is 3.96. The lowest BCUT2D eigenvalue weighted by atomic mass is 10.1. The van der Waals surface area contributed by atoms with Gasteiger partial charge in [-0.15, -0.1) is 0 Å². The largest absolute Gasteiger partial charge is 0.503 e. The minimum atomic E-state index is -0.557. The second-order valence-electron chi connectivity index (χ2n) is 6.15. The van der Waals surface area contributed by atoms with Gasteiger partial charge in [-0.3, -0.25) is 14.5 Å². The summed E-state index contributed by atoms with van der Waals surface area (Å²) in [5, 5.41) is 10.7. The van der Waals surface area contributed by atoms with Crippen LogP contribution in [0.2, 0.25) is 5.02 Å². The molecular weight excluding hydrogens is 496 g/mol. The van der Waals surface area contributed by atoms with Gasteiger partial charge in [-0.1, -0.05) is 11.6 Å². The number of methoxy groups -OCH3 is 2. The smallest absolute Gasteiger partial charge is 0.325 e. The minimum Gasteiger partial charge on any atom is -0.503 e. The summed E-state index contributed by atoms with van der Waals surface area (Å²) in [7, 11) is 2.67. The Bertz CT molecular complexity index is 1060. The van der Waals surface area contributed by atoms with E-state index in [1.165, 1.54) is 24.0 Å². The second kappa shape index (κ2) is 9.03. The Labute approximate surface area is 191 Å². The second-order valence-corrected chi connectivity index (χ2v) is 7.80. The van der Waals surface area contributed by atoms with E-state index in [2.05, 4.69) is 15.9 Å². The molecule has 1 saturated heterocycles. The molecule has 1 aliphatic heterocycles. The Morgan fingerprint density at radius 1 is 1.27 bits per heavy atom. The molecule has 2 aromatic rings. The van der Waals surface area contributed by atoms with Crippen molar-refractivity contribution < 1.29 is 24.2 Å². The molecule has 7 nitrogen and oxygen atoms in total. The number of anilines is 1. The maximum atomic E-state index is 13.2. The minimum absolute atomic E-state index is 0.0675. The molecule has 156 valence electrons. The van der Waals surface area contributed by atoms with Crippen molar-refractivity contribution in [2.45, 2.75) is 0 Å². The van der Waals surface area contributed by atoms with Crippen molar-refractivity contribution in [3.05, 3.63) is 57.2 Å². The number of rotatable bonds is 5. The number of ether oxygens (including phenoxy) is 2. The van der Waals surface area contributed by atoms with E-state index in [4.69, 9.17) is 33.3 Å². The number of thiocarbonyl (C=S) groups is 1. The molecule has 0 bridgehead atoms. The van der Waals surface area contributed by atoms with Crippen molar-refractivity contribution in [2.75, 3.05) is 25.7 Å². The molecule has 3 rings (SSSR count). The van der Waals surface area contributed by atoms with Crippen molar-refractivity contribution in [3.8, 4) is 11.5 Å². The quantitative estimate of drug-likeness (QED) is 0.370. The Balaban J connectivity index is 2.09. The standard InChI is InChI=1S/C20H16BrClN2O5S/c1-28-16-9-11(7-14(21)18(16)26)8-15-19(27)24(13-5-3-12(22)4-6-13)20(30)23(15)10-17(25)29-2/h3-9,26H,10H2,1-2H3/b15-8-. The molecule has 0 unspecified atom stereocenters. The molecule has 1 aliphatic rings. The molecule has 1 amide bonds. The van der Waals surface area contributed by atoms with Gasteiger partial charge in [0.25, 0.3) is 5.91 Å². The lowest BCUT2D eigenvalue weighted by Crippen LogP contribution is -2.35. The van der Waals surface area contributed by atoms with Crippen molar-refractivity contribution in [2.24, 2.45) is 0 Å². The molecule has 0 radical (unpaired) electrons. The van der Waals surface area contributed by atoms with E-state index < -0.39 is 11.9 Å². The first-order valence-corrected chi connectivity index (χ1v) is 10.1. The molecule has 10 heteroatoms. The average Bonchev–Trinajstić information content (AvgIpc) is 2.95. The molecule has 30 heavy (non-hydrogen) atoms. The number of esters is 1. The molecule has 0 aromatic heterocycles. The highest BCUT2D eigenvalue weighted by Gasteiger charge is 2.40. The molecule has 1 fully saturated rings. The van der Waals surface area contributed by atoms with Crippen LogP contribution in [0, 0.1) is 0 Å². The molecule has 2 aromatic carbocycles. The first-order valence-electron chi connectivity index (χ1n) is 8.53. The molecule has 1 N–H and O–H groups in total. The third-order valence-corrected chi connectivity index (χ3v) is 5.57. The van der Waals surface area contributed by atoms with E-state index in [9.17, 15) is 14.7 Å². The van der Waals surface area contributed by atoms with Crippen molar-refractivity contribution in [1.82, 2.24) is 4.90 Å². The summed E-state index contributed by atoms with van der Waals surface area (Å²) in [6, 6.07) is 9.77. The monoisotopic (exact) mass is 510 g/mol. The number of amides is 1. The van der Waals surface area contributed by atoms with Gasteiger partial charge in [0, 0.05) is 5.02 Å². The van der Waals surface area contributed by atoms with Crippen LogP contribution in [0.15, 0.2) is 46.6 Å². The maximum absolute atomic E-state index is 13.2. The Morgan fingerprint density at radius 2 is 1.93 bits per heavy atom. The molecular formula is C20H16BrClN2O5S. The predicted molar refractivity (Wildman–Crippen MR) is 121 cm³/mol. The fourth-order valence-corrected chi connectivity index (χ4v) is 3.77. The normalized spacial score (nSPS) is 15.1. The van der Waals surface area contributed by atoms with E-state index in [-0.39, 0.29) is 28.9 Å². The van der Waals surface area contributed by atoms with Crippen LogP contribution in [-0.4, -0.2) is 47.8 Å². The third kappa shape index (κ3) is 4.28. The number of nitrogens with zero attached hydrogens (tertiary/aromatic N) is 2. The number of carbonyl (C=O) groups excluding carboxylic acids is 2. The van der Waals surface area contributed by atoms with Gasteiger partial charge in [0.2, 0.25) is 0 Å². The van der Waals surface area contributed by atoms with Crippen LogP contribution in [0.4, 0.5) is 5.69 Å². The van der Waals surface area contributed by atoms with Crippen LogP contribution in [0.5, 0.6) is 11.5 Å². The van der Waals surface area contributed by atoms with Gasteiger partial charge in [-0.05, 0) is 76.2 Å². The number of halogens is 2. The Kier molecular flexibility index (Phi) is 6.64. The number of carbonyl (C=O) groups is 2. The van der Waals surface area contributed by atoms with Crippen LogP contribution in [-0.2, 0) is 14.3 Å². The topological polar surface area (TPSA) is 79.3 Å². The van der Waals surface area contributed by atoms with E-state index in [0.717, 1.165) is 0 Å². The van der Waals surface area contributed by atoms with E-state index in [0.29, 0.717) is 20.7 Å². The number of hydrogen-bond donors (Lipinski definition) is 1. The average molecular weight is 512 g/mol. The van der Waals surface area contributed by atoms with Crippen molar-refractivity contribution in [1.29, 1.82) is 0 Å². The number of aromatic hydroxyl groups is 1. The number of phenolic OH excluding ortho intramolecular Hbond substituents is 1. The summed E-state index contributed by atoms with van der Waals surface area (Å²) in [4.78, 5) is 27.9. The van der Waals surface area contributed by atoms with E-state index in [1.807, 2.05) is 0 Å². The lowest BCUT2D eigenvalue weighted by Gasteiger charge is -2.19.